The normalized spacial score (nSPS) is 15.6. The summed E-state index contributed by atoms with van der Waals surface area (Å²) >= 11 is 0. The molecule has 2 aromatic heterocycles. The number of aryl methyl sites for hydroxylation is 1. The van der Waals surface area contributed by atoms with Crippen LogP contribution in [-0.2, 0) is 7.05 Å². The molecule has 10 heteroatoms. The van der Waals surface area contributed by atoms with Crippen molar-refractivity contribution in [2.24, 2.45) is 7.05 Å². The number of rotatable bonds is 4. The first-order chi connectivity index (χ1) is 14.9. The summed E-state index contributed by atoms with van der Waals surface area (Å²) in [5, 5.41) is 16.5. The highest BCUT2D eigenvalue weighted by atomic mass is 16.6. The number of nitrogens with one attached hydrogen (secondary N) is 1. The van der Waals surface area contributed by atoms with E-state index in [0.29, 0.717) is 19.5 Å². The Morgan fingerprint density at radius 2 is 2.10 bits per heavy atom. The number of aromatic nitrogens is 3. The second-order valence-corrected chi connectivity index (χ2v) is 7.33. The molecule has 1 aliphatic heterocycles. The van der Waals surface area contributed by atoms with Gasteiger partial charge in [0.25, 0.3) is 5.91 Å². The highest BCUT2D eigenvalue weighted by Gasteiger charge is 2.29. The van der Waals surface area contributed by atoms with Crippen molar-refractivity contribution < 1.29 is 19.4 Å². The summed E-state index contributed by atoms with van der Waals surface area (Å²) in [5.41, 5.74) is 7.75. The summed E-state index contributed by atoms with van der Waals surface area (Å²) in [6.07, 6.45) is 5.14. The second-order valence-electron chi connectivity index (χ2n) is 7.33. The molecule has 1 aromatic carbocycles. The van der Waals surface area contributed by atoms with Crippen LogP contribution in [0.4, 0.5) is 10.6 Å². The first-order valence-corrected chi connectivity index (χ1v) is 9.70. The number of carbonyl (C=O) groups excluding carboxylic acids is 2. The Bertz CT molecular complexity index is 1130. The van der Waals surface area contributed by atoms with Gasteiger partial charge in [0.1, 0.15) is 17.3 Å². The SMILES string of the molecule is Cn1cc(-c2cnc(N)c(C(=O)N[C@@H]3CCN(C(=O)Oc4cccc(O)c4)C3)c2)cn1. The summed E-state index contributed by atoms with van der Waals surface area (Å²) in [4.78, 5) is 30.8. The van der Waals surface area contributed by atoms with Gasteiger partial charge in [-0.1, -0.05) is 6.07 Å². The number of phenols is 1. The monoisotopic (exact) mass is 422 g/mol. The molecule has 10 nitrogen and oxygen atoms in total. The number of anilines is 1. The number of benzene rings is 1. The molecule has 31 heavy (non-hydrogen) atoms. The first kappa shape index (κ1) is 20.2. The number of hydrogen-bond donors (Lipinski definition) is 3. The quantitative estimate of drug-likeness (QED) is 0.583. The number of nitrogens with zero attached hydrogens (tertiary/aromatic N) is 4. The average Bonchev–Trinajstić information content (AvgIpc) is 3.37. The van der Waals surface area contributed by atoms with Crippen LogP contribution in [0.1, 0.15) is 16.8 Å². The summed E-state index contributed by atoms with van der Waals surface area (Å²) in [6.45, 7) is 0.741. The predicted octanol–water partition coefficient (Wildman–Crippen LogP) is 1.77. The number of ether oxygens (including phenoxy) is 1. The molecule has 0 spiro atoms. The van der Waals surface area contributed by atoms with Crippen LogP contribution in [-0.4, -0.2) is 55.9 Å². The van der Waals surface area contributed by atoms with Crippen LogP contribution in [0.2, 0.25) is 0 Å². The molecule has 0 radical (unpaired) electrons. The largest absolute Gasteiger partial charge is 0.508 e. The number of nitrogen functional groups attached to an aromatic ring is 1. The van der Waals surface area contributed by atoms with Crippen LogP contribution in [0.3, 0.4) is 0 Å². The fraction of sp³-hybridized carbons (Fsp3) is 0.238. The maximum atomic E-state index is 12.8. The fourth-order valence-corrected chi connectivity index (χ4v) is 3.40. The Morgan fingerprint density at radius 1 is 1.26 bits per heavy atom. The smallest absolute Gasteiger partial charge is 0.415 e. The summed E-state index contributed by atoms with van der Waals surface area (Å²) < 4.78 is 6.94. The van der Waals surface area contributed by atoms with Gasteiger partial charge in [0.2, 0.25) is 0 Å². The van der Waals surface area contributed by atoms with Crippen LogP contribution in [0, 0.1) is 0 Å². The van der Waals surface area contributed by atoms with Crippen LogP contribution in [0.15, 0.2) is 48.9 Å². The number of pyridine rings is 1. The molecule has 4 N–H and O–H groups in total. The van der Waals surface area contributed by atoms with E-state index in [9.17, 15) is 14.7 Å². The molecule has 1 atom stereocenters. The molecule has 3 aromatic rings. The van der Waals surface area contributed by atoms with Crippen LogP contribution in [0.5, 0.6) is 11.5 Å². The molecule has 1 aliphatic rings. The maximum Gasteiger partial charge on any atom is 0.415 e. The number of nitrogens with two attached hydrogens (primary N) is 1. The van der Waals surface area contributed by atoms with Gasteiger partial charge in [-0.05, 0) is 24.6 Å². The molecule has 160 valence electrons. The molecule has 2 amide bonds. The van der Waals surface area contributed by atoms with Gasteiger partial charge >= 0.3 is 6.09 Å². The van der Waals surface area contributed by atoms with E-state index < -0.39 is 6.09 Å². The van der Waals surface area contributed by atoms with Crippen molar-refractivity contribution in [3.05, 3.63) is 54.5 Å². The minimum Gasteiger partial charge on any atom is -0.508 e. The molecule has 0 aliphatic carbocycles. The molecule has 1 fully saturated rings. The summed E-state index contributed by atoms with van der Waals surface area (Å²) in [7, 11) is 1.80. The Morgan fingerprint density at radius 3 is 2.84 bits per heavy atom. The van der Waals surface area contributed by atoms with E-state index in [1.807, 2.05) is 6.20 Å². The number of aromatic hydroxyl groups is 1. The van der Waals surface area contributed by atoms with Crippen molar-refractivity contribution in [1.29, 1.82) is 0 Å². The fourth-order valence-electron chi connectivity index (χ4n) is 3.40. The Kier molecular flexibility index (Phi) is 5.44. The number of carbonyl (C=O) groups is 2. The van der Waals surface area contributed by atoms with E-state index in [1.54, 1.807) is 42.3 Å². The third-order valence-electron chi connectivity index (χ3n) is 5.01. The minimum atomic E-state index is -0.540. The summed E-state index contributed by atoms with van der Waals surface area (Å²) in [6, 6.07) is 7.45. The highest BCUT2D eigenvalue weighted by molar-refractivity contribution is 5.99. The number of likely N-dealkylation sites (tertiary alicyclic amines) is 1. The lowest BCUT2D eigenvalue weighted by Crippen LogP contribution is -2.39. The molecule has 4 rings (SSSR count). The van der Waals surface area contributed by atoms with E-state index >= 15 is 0 Å². The molecular formula is C21H22N6O4. The van der Waals surface area contributed by atoms with E-state index in [4.69, 9.17) is 10.5 Å². The van der Waals surface area contributed by atoms with Crippen molar-refractivity contribution in [2.45, 2.75) is 12.5 Å². The molecular weight excluding hydrogens is 400 g/mol. The van der Waals surface area contributed by atoms with E-state index in [1.165, 1.54) is 17.0 Å². The van der Waals surface area contributed by atoms with Gasteiger partial charge in [-0.25, -0.2) is 9.78 Å². The van der Waals surface area contributed by atoms with Crippen molar-refractivity contribution >= 4 is 17.8 Å². The van der Waals surface area contributed by atoms with Gasteiger partial charge in [-0.3, -0.25) is 9.48 Å². The molecule has 3 heterocycles. The lowest BCUT2D eigenvalue weighted by molar-refractivity contribution is 0.0937. The lowest BCUT2D eigenvalue weighted by Gasteiger charge is -2.17. The number of hydrogen-bond acceptors (Lipinski definition) is 7. The molecule has 0 unspecified atom stereocenters. The van der Waals surface area contributed by atoms with Gasteiger partial charge < -0.3 is 25.8 Å². The Labute approximate surface area is 178 Å². The second kappa shape index (κ2) is 8.34. The Balaban J connectivity index is 1.39. The topological polar surface area (TPSA) is 136 Å². The minimum absolute atomic E-state index is 0.0107. The highest BCUT2D eigenvalue weighted by Crippen LogP contribution is 2.23. The zero-order valence-electron chi connectivity index (χ0n) is 16.9. The van der Waals surface area contributed by atoms with Gasteiger partial charge in [0.05, 0.1) is 11.8 Å². The lowest BCUT2D eigenvalue weighted by atomic mass is 10.1. The Hall–Kier alpha value is -4.08. The van der Waals surface area contributed by atoms with Crippen LogP contribution in [0.25, 0.3) is 11.1 Å². The zero-order valence-corrected chi connectivity index (χ0v) is 16.9. The molecule has 0 saturated carbocycles. The van der Waals surface area contributed by atoms with Crippen molar-refractivity contribution in [3.8, 4) is 22.6 Å². The molecule has 1 saturated heterocycles. The van der Waals surface area contributed by atoms with Crippen molar-refractivity contribution in [3.63, 3.8) is 0 Å². The first-order valence-electron chi connectivity index (χ1n) is 9.70. The van der Waals surface area contributed by atoms with Crippen molar-refractivity contribution in [1.82, 2.24) is 25.0 Å². The van der Waals surface area contributed by atoms with E-state index in [-0.39, 0.29) is 34.8 Å². The van der Waals surface area contributed by atoms with Gasteiger partial charge in [-0.2, -0.15) is 5.10 Å². The molecule has 0 bridgehead atoms. The van der Waals surface area contributed by atoms with Crippen molar-refractivity contribution in [2.75, 3.05) is 18.8 Å². The number of amides is 2. The third-order valence-corrected chi connectivity index (χ3v) is 5.01. The third kappa shape index (κ3) is 4.58. The van der Waals surface area contributed by atoms with E-state index in [0.717, 1.165) is 11.1 Å². The standard InChI is InChI=1S/C21H22N6O4/c1-26-11-14(10-24-26)13-7-18(19(22)23-9-13)20(29)25-15-5-6-27(12-15)21(30)31-17-4-2-3-16(28)8-17/h2-4,7-11,15,28H,5-6,12H2,1H3,(H2,22,23)(H,25,29)/t15-/m1/s1. The van der Waals surface area contributed by atoms with Crippen LogP contribution >= 0.6 is 0 Å². The van der Waals surface area contributed by atoms with E-state index in [2.05, 4.69) is 15.4 Å². The van der Waals surface area contributed by atoms with Gasteiger partial charge in [0.15, 0.2) is 0 Å². The maximum absolute atomic E-state index is 12.8. The number of phenolic OH excluding ortho intramolecular Hbond substituents is 1. The average molecular weight is 422 g/mol. The predicted molar refractivity (Wildman–Crippen MR) is 112 cm³/mol. The van der Waals surface area contributed by atoms with Gasteiger partial charge in [-0.15, -0.1) is 0 Å². The van der Waals surface area contributed by atoms with Gasteiger partial charge in [0, 0.05) is 55.8 Å². The van der Waals surface area contributed by atoms with Crippen LogP contribution < -0.4 is 15.8 Å². The zero-order chi connectivity index (χ0) is 22.0. The summed E-state index contributed by atoms with van der Waals surface area (Å²) in [5.74, 6) is 0.0346.